The highest BCUT2D eigenvalue weighted by Gasteiger charge is 2.32. The summed E-state index contributed by atoms with van der Waals surface area (Å²) in [6.07, 6.45) is -4.09. The van der Waals surface area contributed by atoms with E-state index in [9.17, 15) is 21.9 Å². The van der Waals surface area contributed by atoms with Crippen molar-refractivity contribution < 1.29 is 21.9 Å². The number of benzene rings is 1. The predicted octanol–water partition coefficient (Wildman–Crippen LogP) is 3.69. The van der Waals surface area contributed by atoms with Gasteiger partial charge < -0.3 is 20.5 Å². The van der Waals surface area contributed by atoms with E-state index in [1.54, 1.807) is 12.1 Å². The van der Waals surface area contributed by atoms with Crippen LogP contribution in [-0.2, 0) is 11.1 Å². The fourth-order valence-corrected chi connectivity index (χ4v) is 3.98. The SMILES string of the molecule is CN1CCNCC1.NC(=CC(=Nc1ccccc1Cl)c1ccc(S(=O)[O-])s1)C(F)(F)F. The Morgan fingerprint density at radius 1 is 1.29 bits per heavy atom. The lowest BCUT2D eigenvalue weighted by molar-refractivity contribution is -0.0925. The van der Waals surface area contributed by atoms with Gasteiger partial charge in [0, 0.05) is 26.2 Å². The number of nitrogens with one attached hydrogen (secondary N) is 1. The molecule has 1 aliphatic heterocycles. The number of aliphatic imine (C=N–C) groups is 1. The molecule has 0 bridgehead atoms. The van der Waals surface area contributed by atoms with Crippen LogP contribution >= 0.6 is 22.9 Å². The highest BCUT2D eigenvalue weighted by Crippen LogP contribution is 2.29. The lowest BCUT2D eigenvalue weighted by atomic mass is 10.2. The van der Waals surface area contributed by atoms with E-state index in [1.807, 2.05) is 0 Å². The number of nitrogens with two attached hydrogens (primary N) is 1. The van der Waals surface area contributed by atoms with Crippen LogP contribution in [-0.4, -0.2) is 58.8 Å². The van der Waals surface area contributed by atoms with Gasteiger partial charge in [-0.15, -0.1) is 11.3 Å². The normalized spacial score (nSPS) is 17.1. The zero-order valence-corrected chi connectivity index (χ0v) is 18.9. The first-order chi connectivity index (χ1) is 14.6. The van der Waals surface area contributed by atoms with Crippen LogP contribution in [0.1, 0.15) is 4.88 Å². The molecule has 0 saturated carbocycles. The molecule has 12 heteroatoms. The number of piperazine rings is 1. The third kappa shape index (κ3) is 8.36. The monoisotopic (exact) mass is 493 g/mol. The second-order valence-electron chi connectivity index (χ2n) is 6.45. The topological polar surface area (TPSA) is 93.8 Å². The molecule has 1 aromatic carbocycles. The fourth-order valence-electron chi connectivity index (χ4n) is 2.38. The molecule has 31 heavy (non-hydrogen) atoms. The maximum atomic E-state index is 12.7. The largest absolute Gasteiger partial charge is 0.768 e. The Kier molecular flexibility index (Phi) is 9.66. The van der Waals surface area contributed by atoms with E-state index < -0.39 is 23.0 Å². The van der Waals surface area contributed by atoms with Crippen LogP contribution in [0.4, 0.5) is 18.9 Å². The number of likely N-dealkylation sites (N-methyl/N-ethyl adjacent to an activating group) is 1. The molecule has 0 aliphatic carbocycles. The number of hydrogen-bond acceptors (Lipinski definition) is 7. The van der Waals surface area contributed by atoms with Gasteiger partial charge in [-0.3, -0.25) is 4.21 Å². The summed E-state index contributed by atoms with van der Waals surface area (Å²) in [7, 11) is 2.15. The number of nitrogens with zero attached hydrogens (tertiary/aromatic N) is 2. The highest BCUT2D eigenvalue weighted by molar-refractivity contribution is 7.81. The molecule has 3 N–H and O–H groups in total. The Bertz CT molecular complexity index is 958. The minimum atomic E-state index is -4.73. The third-order valence-corrected chi connectivity index (χ3v) is 6.40. The molecule has 170 valence electrons. The number of rotatable bonds is 4. The lowest BCUT2D eigenvalue weighted by Gasteiger charge is -2.21. The quantitative estimate of drug-likeness (QED) is 0.500. The van der Waals surface area contributed by atoms with E-state index >= 15 is 0 Å². The molecule has 2 heterocycles. The van der Waals surface area contributed by atoms with Crippen molar-refractivity contribution in [3.8, 4) is 0 Å². The molecule has 2 aromatic rings. The van der Waals surface area contributed by atoms with E-state index in [2.05, 4.69) is 22.3 Å². The summed E-state index contributed by atoms with van der Waals surface area (Å²) in [5.74, 6) is 0. The Hall–Kier alpha value is -1.76. The smallest absolute Gasteiger partial charge is 0.430 e. The maximum absolute atomic E-state index is 12.7. The van der Waals surface area contributed by atoms with Gasteiger partial charge in [-0.05, 0) is 48.5 Å². The summed E-state index contributed by atoms with van der Waals surface area (Å²) in [5.41, 5.74) is 3.79. The maximum Gasteiger partial charge on any atom is 0.430 e. The molecule has 6 nitrogen and oxygen atoms in total. The van der Waals surface area contributed by atoms with E-state index in [0.717, 1.165) is 24.4 Å². The summed E-state index contributed by atoms with van der Waals surface area (Å²) < 4.78 is 60.0. The Morgan fingerprint density at radius 3 is 2.42 bits per heavy atom. The van der Waals surface area contributed by atoms with Crippen molar-refractivity contribution in [2.45, 2.75) is 10.4 Å². The first kappa shape index (κ1) is 25.5. The van der Waals surface area contributed by atoms with Gasteiger partial charge in [0.2, 0.25) is 0 Å². The fraction of sp³-hybridized carbons (Fsp3) is 0.316. The summed E-state index contributed by atoms with van der Waals surface area (Å²) in [6, 6.07) is 8.92. The molecular formula is C19H21ClF3N4O2S2-. The second kappa shape index (κ2) is 11.7. The Balaban J connectivity index is 0.000000412. The van der Waals surface area contributed by atoms with E-state index in [1.165, 1.54) is 37.4 Å². The van der Waals surface area contributed by atoms with Crippen molar-refractivity contribution in [1.29, 1.82) is 0 Å². The number of thiophene rings is 1. The molecule has 1 fully saturated rings. The van der Waals surface area contributed by atoms with E-state index in [4.69, 9.17) is 17.3 Å². The first-order valence-corrected chi connectivity index (χ1v) is 11.3. The molecule has 1 saturated heterocycles. The second-order valence-corrected chi connectivity index (χ2v) is 9.11. The van der Waals surface area contributed by atoms with Gasteiger partial charge in [-0.1, -0.05) is 23.7 Å². The van der Waals surface area contributed by atoms with Gasteiger partial charge in [-0.2, -0.15) is 13.2 Å². The van der Waals surface area contributed by atoms with Crippen molar-refractivity contribution in [2.24, 2.45) is 10.7 Å². The Morgan fingerprint density at radius 2 is 1.94 bits per heavy atom. The van der Waals surface area contributed by atoms with Gasteiger partial charge in [0.1, 0.15) is 5.70 Å². The lowest BCUT2D eigenvalue weighted by Crippen LogP contribution is -2.40. The molecule has 1 aromatic heterocycles. The van der Waals surface area contributed by atoms with Crippen LogP contribution in [0.3, 0.4) is 0 Å². The zero-order chi connectivity index (χ0) is 23.0. The minimum absolute atomic E-state index is 0.0316. The molecule has 1 unspecified atom stereocenters. The molecule has 0 amide bonds. The molecule has 1 aliphatic rings. The van der Waals surface area contributed by atoms with Crippen molar-refractivity contribution >= 4 is 45.4 Å². The number of halogens is 4. The number of allylic oxidation sites excluding steroid dienone is 2. The summed E-state index contributed by atoms with van der Waals surface area (Å²) in [6.45, 7) is 4.74. The molecule has 3 rings (SSSR count). The summed E-state index contributed by atoms with van der Waals surface area (Å²) >= 11 is 4.24. The van der Waals surface area contributed by atoms with Crippen LogP contribution in [0.25, 0.3) is 0 Å². The minimum Gasteiger partial charge on any atom is -0.768 e. The summed E-state index contributed by atoms with van der Waals surface area (Å²) in [5, 5.41) is 3.51. The number of alkyl halides is 3. The third-order valence-electron chi connectivity index (χ3n) is 4.05. The van der Waals surface area contributed by atoms with Crippen molar-refractivity contribution in [1.82, 2.24) is 10.2 Å². The van der Waals surface area contributed by atoms with Crippen molar-refractivity contribution in [3.05, 3.63) is 58.1 Å². The van der Waals surface area contributed by atoms with Crippen LogP contribution in [0.15, 0.2) is 57.4 Å². The molecular weight excluding hydrogens is 473 g/mol. The Labute approximate surface area is 189 Å². The van der Waals surface area contributed by atoms with Gasteiger partial charge in [0.05, 0.1) is 25.5 Å². The van der Waals surface area contributed by atoms with Gasteiger partial charge in [0.15, 0.2) is 0 Å². The highest BCUT2D eigenvalue weighted by atomic mass is 35.5. The van der Waals surface area contributed by atoms with Gasteiger partial charge in [-0.25, -0.2) is 4.99 Å². The average Bonchev–Trinajstić information content (AvgIpc) is 3.20. The summed E-state index contributed by atoms with van der Waals surface area (Å²) in [4.78, 5) is 6.63. The van der Waals surface area contributed by atoms with E-state index in [0.29, 0.717) is 6.08 Å². The molecule has 0 radical (unpaired) electrons. The average molecular weight is 494 g/mol. The van der Waals surface area contributed by atoms with Crippen LogP contribution in [0.2, 0.25) is 5.02 Å². The van der Waals surface area contributed by atoms with Gasteiger partial charge >= 0.3 is 6.18 Å². The molecule has 0 spiro atoms. The first-order valence-electron chi connectivity index (χ1n) is 9.04. The van der Waals surface area contributed by atoms with Crippen LogP contribution < -0.4 is 11.1 Å². The van der Waals surface area contributed by atoms with E-state index in [-0.39, 0.29) is 25.5 Å². The van der Waals surface area contributed by atoms with Gasteiger partial charge in [0.25, 0.3) is 0 Å². The molecule has 1 atom stereocenters. The predicted molar refractivity (Wildman–Crippen MR) is 118 cm³/mol. The van der Waals surface area contributed by atoms with Crippen LogP contribution in [0.5, 0.6) is 0 Å². The van der Waals surface area contributed by atoms with Crippen molar-refractivity contribution in [3.63, 3.8) is 0 Å². The standard InChI is InChI=1S/C14H10ClF3N2O2S2.C5H12N2/c15-8-3-1-2-4-9(8)20-10(7-12(19)14(16,17)18)11-5-6-13(23-11)24(21)22;1-7-4-2-6-3-5-7/h1-7H,19H2,(H,21,22);6H,2-5H2,1H3/p-1. The number of hydrogen-bond donors (Lipinski definition) is 2. The van der Waals surface area contributed by atoms with Crippen molar-refractivity contribution in [2.75, 3.05) is 33.2 Å². The zero-order valence-electron chi connectivity index (χ0n) is 16.5. The number of para-hydroxylation sites is 1. The van der Waals surface area contributed by atoms with Crippen LogP contribution in [0, 0.1) is 0 Å².